The Labute approximate surface area is 146 Å². The first kappa shape index (κ1) is 16.8. The minimum Gasteiger partial charge on any atom is -0.329 e. The number of nitrogens with zero attached hydrogens (tertiary/aromatic N) is 5. The Balaban J connectivity index is 1.64. The van der Waals surface area contributed by atoms with Gasteiger partial charge in [-0.3, -0.25) is 9.59 Å². The molecular weight excluding hydrogens is 351 g/mol. The molecule has 0 radical (unpaired) electrons. The Morgan fingerprint density at radius 2 is 1.96 bits per heavy atom. The van der Waals surface area contributed by atoms with Crippen molar-refractivity contribution in [2.45, 2.75) is 45.1 Å². The fourth-order valence-electron chi connectivity index (χ4n) is 3.24. The molecular formula is C16H16F3N5O2. The molecule has 138 valence electrons. The average Bonchev–Trinajstić information content (AvgIpc) is 3.31. The number of alkyl halides is 3. The highest BCUT2D eigenvalue weighted by Crippen LogP contribution is 2.33. The van der Waals surface area contributed by atoms with Crippen molar-refractivity contribution in [2.24, 2.45) is 0 Å². The smallest absolute Gasteiger partial charge is 0.329 e. The van der Waals surface area contributed by atoms with E-state index in [4.69, 9.17) is 0 Å². The maximum absolute atomic E-state index is 12.9. The predicted molar refractivity (Wildman–Crippen MR) is 83.5 cm³/mol. The van der Waals surface area contributed by atoms with Crippen molar-refractivity contribution in [1.29, 1.82) is 0 Å². The largest absolute Gasteiger partial charge is 0.451 e. The molecule has 1 saturated carbocycles. The van der Waals surface area contributed by atoms with Crippen LogP contribution in [0.25, 0.3) is 0 Å². The summed E-state index contributed by atoms with van der Waals surface area (Å²) in [7, 11) is 0. The highest BCUT2D eigenvalue weighted by Gasteiger charge is 2.40. The number of halogens is 3. The van der Waals surface area contributed by atoms with E-state index < -0.39 is 17.9 Å². The van der Waals surface area contributed by atoms with Gasteiger partial charge < -0.3 is 14.0 Å². The number of fused-ring (bicyclic) bond motifs is 1. The second kappa shape index (κ2) is 5.68. The summed E-state index contributed by atoms with van der Waals surface area (Å²) in [5.74, 6) is -1.48. The Bertz CT molecular complexity index is 942. The average molecular weight is 367 g/mol. The molecule has 0 N–H and O–H groups in total. The van der Waals surface area contributed by atoms with E-state index in [2.05, 4.69) is 10.2 Å². The van der Waals surface area contributed by atoms with Crippen LogP contribution in [-0.2, 0) is 19.3 Å². The number of aryl methyl sites for hydroxylation is 1. The van der Waals surface area contributed by atoms with Gasteiger partial charge in [-0.05, 0) is 31.4 Å². The summed E-state index contributed by atoms with van der Waals surface area (Å²) in [6.45, 7) is 1.56. The lowest BCUT2D eigenvalue weighted by atomic mass is 10.1. The van der Waals surface area contributed by atoms with Crippen LogP contribution in [-0.4, -0.2) is 36.7 Å². The van der Waals surface area contributed by atoms with Crippen LogP contribution in [0.4, 0.5) is 13.2 Å². The number of rotatable bonds is 2. The van der Waals surface area contributed by atoms with Gasteiger partial charge in [0, 0.05) is 25.3 Å². The van der Waals surface area contributed by atoms with Crippen LogP contribution in [0.3, 0.4) is 0 Å². The van der Waals surface area contributed by atoms with E-state index in [1.165, 1.54) is 4.90 Å². The lowest BCUT2D eigenvalue weighted by Gasteiger charge is -2.28. The molecule has 0 saturated heterocycles. The topological polar surface area (TPSA) is 73.0 Å². The van der Waals surface area contributed by atoms with Crippen LogP contribution in [0.2, 0.25) is 0 Å². The summed E-state index contributed by atoms with van der Waals surface area (Å²) in [5.41, 5.74) is 0.281. The molecule has 1 aliphatic heterocycles. The quantitative estimate of drug-likeness (QED) is 0.811. The van der Waals surface area contributed by atoms with Crippen molar-refractivity contribution in [3.63, 3.8) is 0 Å². The zero-order valence-electron chi connectivity index (χ0n) is 14.0. The fourth-order valence-corrected chi connectivity index (χ4v) is 3.24. The third-order valence-corrected chi connectivity index (χ3v) is 4.78. The summed E-state index contributed by atoms with van der Waals surface area (Å²) in [5, 5.41) is 6.77. The van der Waals surface area contributed by atoms with Gasteiger partial charge in [0.25, 0.3) is 11.5 Å². The molecule has 2 aromatic rings. The first-order valence-corrected chi connectivity index (χ1v) is 8.27. The van der Waals surface area contributed by atoms with Crippen LogP contribution in [0, 0.1) is 6.92 Å². The zero-order valence-corrected chi connectivity index (χ0v) is 14.0. The molecule has 2 aromatic heterocycles. The van der Waals surface area contributed by atoms with Crippen molar-refractivity contribution >= 4 is 5.91 Å². The van der Waals surface area contributed by atoms with Crippen molar-refractivity contribution in [3.05, 3.63) is 45.4 Å². The predicted octanol–water partition coefficient (Wildman–Crippen LogP) is 1.76. The van der Waals surface area contributed by atoms with Gasteiger partial charge in [-0.25, -0.2) is 0 Å². The Morgan fingerprint density at radius 1 is 1.23 bits per heavy atom. The lowest BCUT2D eigenvalue weighted by Crippen LogP contribution is -2.42. The van der Waals surface area contributed by atoms with Gasteiger partial charge in [0.1, 0.15) is 5.56 Å². The molecule has 7 nitrogen and oxygen atoms in total. The van der Waals surface area contributed by atoms with Gasteiger partial charge in [0.2, 0.25) is 5.82 Å². The van der Waals surface area contributed by atoms with Crippen molar-refractivity contribution in [2.75, 3.05) is 6.54 Å². The summed E-state index contributed by atoms with van der Waals surface area (Å²) in [4.78, 5) is 26.9. The molecule has 0 unspecified atom stereocenters. The number of pyridine rings is 1. The Kier molecular flexibility index (Phi) is 3.67. The highest BCUT2D eigenvalue weighted by atomic mass is 19.4. The van der Waals surface area contributed by atoms with Crippen LogP contribution < -0.4 is 5.56 Å². The molecule has 3 heterocycles. The molecule has 1 fully saturated rings. The highest BCUT2D eigenvalue weighted by molar-refractivity contribution is 5.95. The normalized spacial score (nSPS) is 17.3. The second-order valence-corrected chi connectivity index (χ2v) is 6.63. The van der Waals surface area contributed by atoms with Crippen LogP contribution in [0.1, 0.15) is 46.5 Å². The summed E-state index contributed by atoms with van der Waals surface area (Å²) in [6, 6.07) is 1.86. The maximum atomic E-state index is 12.9. The van der Waals surface area contributed by atoms with Gasteiger partial charge in [0.15, 0.2) is 5.82 Å². The number of hydrogen-bond donors (Lipinski definition) is 0. The number of amides is 1. The summed E-state index contributed by atoms with van der Waals surface area (Å²) >= 11 is 0. The third-order valence-electron chi connectivity index (χ3n) is 4.78. The minimum atomic E-state index is -4.59. The molecule has 0 atom stereocenters. The lowest BCUT2D eigenvalue weighted by molar-refractivity contribution is -0.147. The van der Waals surface area contributed by atoms with E-state index in [-0.39, 0.29) is 42.6 Å². The molecule has 0 bridgehead atoms. The van der Waals surface area contributed by atoms with Gasteiger partial charge in [-0.1, -0.05) is 0 Å². The van der Waals surface area contributed by atoms with Crippen LogP contribution in [0.15, 0.2) is 17.1 Å². The molecule has 10 heteroatoms. The monoisotopic (exact) mass is 367 g/mol. The van der Waals surface area contributed by atoms with E-state index in [1.807, 2.05) is 0 Å². The minimum absolute atomic E-state index is 0.0597. The standard InChI is InChI=1S/C16H16F3N5O2/c1-9-4-5-23(10-2-3-10)14(26)12(9)13(25)22-6-7-24-11(8-22)20-21-15(24)16(17,18)19/h4-5,10H,2-3,6-8H2,1H3. The number of hydrogen-bond acceptors (Lipinski definition) is 4. The van der Waals surface area contributed by atoms with Gasteiger partial charge >= 0.3 is 6.18 Å². The fraction of sp³-hybridized carbons (Fsp3) is 0.500. The van der Waals surface area contributed by atoms with Gasteiger partial charge in [-0.2, -0.15) is 13.2 Å². The van der Waals surface area contributed by atoms with Crippen molar-refractivity contribution in [1.82, 2.24) is 24.2 Å². The summed E-state index contributed by atoms with van der Waals surface area (Å²) in [6.07, 6.45) is -1.09. The molecule has 1 aliphatic carbocycles. The van der Waals surface area contributed by atoms with Crippen LogP contribution in [0.5, 0.6) is 0 Å². The van der Waals surface area contributed by atoms with E-state index in [0.717, 1.165) is 17.4 Å². The molecule has 0 aromatic carbocycles. The SMILES string of the molecule is Cc1ccn(C2CC2)c(=O)c1C(=O)N1CCn2c(nnc2C(F)(F)F)C1. The van der Waals surface area contributed by atoms with Crippen LogP contribution >= 0.6 is 0 Å². The Hall–Kier alpha value is -2.65. The maximum Gasteiger partial charge on any atom is 0.451 e. The second-order valence-electron chi connectivity index (χ2n) is 6.63. The molecule has 1 amide bonds. The molecule has 0 spiro atoms. The van der Waals surface area contributed by atoms with Crippen molar-refractivity contribution < 1.29 is 18.0 Å². The molecule has 2 aliphatic rings. The van der Waals surface area contributed by atoms with E-state index in [0.29, 0.717) is 5.56 Å². The molecule has 26 heavy (non-hydrogen) atoms. The first-order chi connectivity index (χ1) is 12.3. The third kappa shape index (κ3) is 2.69. The molecule has 4 rings (SSSR count). The van der Waals surface area contributed by atoms with Crippen molar-refractivity contribution in [3.8, 4) is 0 Å². The number of carbonyl (C=O) groups excluding carboxylic acids is 1. The summed E-state index contributed by atoms with van der Waals surface area (Å²) < 4.78 is 41.3. The zero-order chi connectivity index (χ0) is 18.6. The van der Waals surface area contributed by atoms with E-state index in [1.54, 1.807) is 23.8 Å². The number of carbonyl (C=O) groups is 1. The Morgan fingerprint density at radius 3 is 2.62 bits per heavy atom. The number of aromatic nitrogens is 4. The van der Waals surface area contributed by atoms with Gasteiger partial charge in [-0.15, -0.1) is 10.2 Å². The van der Waals surface area contributed by atoms with E-state index in [9.17, 15) is 22.8 Å². The van der Waals surface area contributed by atoms with Gasteiger partial charge in [0.05, 0.1) is 6.54 Å². The first-order valence-electron chi connectivity index (χ1n) is 8.27. The van der Waals surface area contributed by atoms with E-state index >= 15 is 0 Å².